The Kier molecular flexibility index (Phi) is 5.41. The second-order valence-corrected chi connectivity index (χ2v) is 4.33. The molecule has 0 radical (unpaired) electrons. The van der Waals surface area contributed by atoms with Crippen LogP contribution >= 0.6 is 0 Å². The molecule has 1 nitrogen and oxygen atoms in total. The Morgan fingerprint density at radius 1 is 1.20 bits per heavy atom. The van der Waals surface area contributed by atoms with Crippen LogP contribution in [0.2, 0.25) is 0 Å². The number of aliphatic hydroxyl groups excluding tert-OH is 1. The maximum absolute atomic E-state index is 9.70. The van der Waals surface area contributed by atoms with Gasteiger partial charge in [-0.3, -0.25) is 0 Å². The second-order valence-electron chi connectivity index (χ2n) is 4.33. The van der Waals surface area contributed by atoms with E-state index in [1.807, 2.05) is 13.0 Å². The summed E-state index contributed by atoms with van der Waals surface area (Å²) in [5.74, 6) is 0.410. The molecule has 0 saturated carbocycles. The van der Waals surface area contributed by atoms with Gasteiger partial charge in [0.15, 0.2) is 0 Å². The molecule has 1 aromatic carbocycles. The van der Waals surface area contributed by atoms with E-state index in [0.717, 1.165) is 12.8 Å². The smallest absolute Gasteiger partial charge is 0.0543 e. The van der Waals surface area contributed by atoms with Crippen LogP contribution in [0.5, 0.6) is 0 Å². The van der Waals surface area contributed by atoms with E-state index in [9.17, 15) is 5.11 Å². The van der Waals surface area contributed by atoms with Crippen molar-refractivity contribution in [3.8, 4) is 0 Å². The first-order chi connectivity index (χ1) is 7.24. The number of unbranched alkanes of at least 4 members (excludes halogenated alkanes) is 1. The normalized spacial score (nSPS) is 14.9. The van der Waals surface area contributed by atoms with E-state index in [4.69, 9.17) is 0 Å². The third-order valence-electron chi connectivity index (χ3n) is 2.95. The first-order valence-corrected chi connectivity index (χ1v) is 5.96. The van der Waals surface area contributed by atoms with E-state index in [2.05, 4.69) is 31.2 Å². The predicted molar refractivity (Wildman–Crippen MR) is 64.8 cm³/mol. The molecule has 0 bridgehead atoms. The predicted octanol–water partition coefficient (Wildman–Crippen LogP) is 3.42. The number of aliphatic hydroxyl groups is 1. The van der Waals surface area contributed by atoms with Gasteiger partial charge in [0.25, 0.3) is 0 Å². The molecule has 1 aromatic rings. The van der Waals surface area contributed by atoms with E-state index >= 15 is 0 Å². The van der Waals surface area contributed by atoms with Crippen molar-refractivity contribution >= 4 is 0 Å². The van der Waals surface area contributed by atoms with Crippen LogP contribution in [0.25, 0.3) is 0 Å². The SMILES string of the molecule is CCCC[C@@H](Cc1ccccc1)[C@@H](C)O. The highest BCUT2D eigenvalue weighted by atomic mass is 16.3. The molecule has 0 aliphatic rings. The van der Waals surface area contributed by atoms with Crippen molar-refractivity contribution in [2.24, 2.45) is 5.92 Å². The van der Waals surface area contributed by atoms with Crippen LogP contribution in [0.1, 0.15) is 38.7 Å². The Balaban J connectivity index is 2.51. The van der Waals surface area contributed by atoms with Gasteiger partial charge in [0.1, 0.15) is 0 Å². The summed E-state index contributed by atoms with van der Waals surface area (Å²) in [6.07, 6.45) is 4.35. The lowest BCUT2D eigenvalue weighted by atomic mass is 9.90. The van der Waals surface area contributed by atoms with Crippen molar-refractivity contribution in [1.29, 1.82) is 0 Å². The third kappa shape index (κ3) is 4.48. The molecule has 0 amide bonds. The van der Waals surface area contributed by atoms with Crippen molar-refractivity contribution < 1.29 is 5.11 Å². The highest BCUT2D eigenvalue weighted by Crippen LogP contribution is 2.18. The minimum Gasteiger partial charge on any atom is -0.393 e. The number of hydrogen-bond acceptors (Lipinski definition) is 1. The first-order valence-electron chi connectivity index (χ1n) is 5.96. The van der Waals surface area contributed by atoms with Gasteiger partial charge in [-0.2, -0.15) is 0 Å². The molecule has 84 valence electrons. The summed E-state index contributed by atoms with van der Waals surface area (Å²) in [5, 5.41) is 9.70. The summed E-state index contributed by atoms with van der Waals surface area (Å²) in [6.45, 7) is 4.10. The molecule has 1 rings (SSSR count). The molecule has 0 spiro atoms. The van der Waals surface area contributed by atoms with Crippen LogP contribution < -0.4 is 0 Å². The van der Waals surface area contributed by atoms with Crippen LogP contribution in [0.3, 0.4) is 0 Å². The van der Waals surface area contributed by atoms with Gasteiger partial charge in [0, 0.05) is 0 Å². The van der Waals surface area contributed by atoms with Gasteiger partial charge >= 0.3 is 0 Å². The third-order valence-corrected chi connectivity index (χ3v) is 2.95. The lowest BCUT2D eigenvalue weighted by molar-refractivity contribution is 0.118. The van der Waals surface area contributed by atoms with Crippen molar-refractivity contribution in [3.05, 3.63) is 35.9 Å². The zero-order chi connectivity index (χ0) is 11.1. The monoisotopic (exact) mass is 206 g/mol. The Hall–Kier alpha value is -0.820. The van der Waals surface area contributed by atoms with E-state index in [1.165, 1.54) is 18.4 Å². The maximum Gasteiger partial charge on any atom is 0.0543 e. The lowest BCUT2D eigenvalue weighted by Gasteiger charge is -2.19. The summed E-state index contributed by atoms with van der Waals surface area (Å²) in [7, 11) is 0. The molecule has 15 heavy (non-hydrogen) atoms. The minimum absolute atomic E-state index is 0.197. The fourth-order valence-corrected chi connectivity index (χ4v) is 1.90. The summed E-state index contributed by atoms with van der Waals surface area (Å²) < 4.78 is 0. The number of hydrogen-bond donors (Lipinski definition) is 1. The van der Waals surface area contributed by atoms with Crippen LogP contribution in [-0.2, 0) is 6.42 Å². The van der Waals surface area contributed by atoms with Crippen molar-refractivity contribution in [1.82, 2.24) is 0 Å². The zero-order valence-corrected chi connectivity index (χ0v) is 9.82. The van der Waals surface area contributed by atoms with Crippen LogP contribution in [0, 0.1) is 5.92 Å². The average molecular weight is 206 g/mol. The number of rotatable bonds is 6. The summed E-state index contributed by atoms with van der Waals surface area (Å²) >= 11 is 0. The molecular weight excluding hydrogens is 184 g/mol. The Bertz CT molecular complexity index is 253. The number of benzene rings is 1. The quantitative estimate of drug-likeness (QED) is 0.756. The molecule has 1 heteroatoms. The average Bonchev–Trinajstić information content (AvgIpc) is 2.25. The van der Waals surface area contributed by atoms with Crippen molar-refractivity contribution in [3.63, 3.8) is 0 Å². The molecule has 1 N–H and O–H groups in total. The molecule has 2 atom stereocenters. The van der Waals surface area contributed by atoms with Crippen molar-refractivity contribution in [2.45, 2.75) is 45.6 Å². The molecule has 0 unspecified atom stereocenters. The fourth-order valence-electron chi connectivity index (χ4n) is 1.90. The van der Waals surface area contributed by atoms with Gasteiger partial charge in [-0.05, 0) is 31.2 Å². The largest absolute Gasteiger partial charge is 0.393 e. The van der Waals surface area contributed by atoms with Gasteiger partial charge in [0.05, 0.1) is 6.10 Å². The van der Waals surface area contributed by atoms with Crippen LogP contribution in [0.4, 0.5) is 0 Å². The molecule has 0 saturated heterocycles. The Labute approximate surface area is 93.1 Å². The van der Waals surface area contributed by atoms with Gasteiger partial charge in [0.2, 0.25) is 0 Å². The van der Waals surface area contributed by atoms with E-state index in [1.54, 1.807) is 0 Å². The molecule has 0 heterocycles. The lowest BCUT2D eigenvalue weighted by Crippen LogP contribution is -2.19. The Morgan fingerprint density at radius 2 is 1.87 bits per heavy atom. The summed E-state index contributed by atoms with van der Waals surface area (Å²) in [4.78, 5) is 0. The molecule has 0 fully saturated rings. The maximum atomic E-state index is 9.70. The standard InChI is InChI=1S/C14H22O/c1-3-4-10-14(12(2)15)11-13-8-6-5-7-9-13/h5-9,12,14-15H,3-4,10-11H2,1-2H3/t12-,14+/m1/s1. The second kappa shape index (κ2) is 6.62. The van der Waals surface area contributed by atoms with Crippen LogP contribution in [-0.4, -0.2) is 11.2 Å². The first kappa shape index (κ1) is 12.3. The Morgan fingerprint density at radius 3 is 2.40 bits per heavy atom. The molecule has 0 aromatic heterocycles. The van der Waals surface area contributed by atoms with Gasteiger partial charge in [-0.1, -0.05) is 50.1 Å². The highest BCUT2D eigenvalue weighted by Gasteiger charge is 2.14. The molecular formula is C14H22O. The summed E-state index contributed by atoms with van der Waals surface area (Å²) in [5.41, 5.74) is 1.33. The van der Waals surface area contributed by atoms with E-state index in [0.29, 0.717) is 5.92 Å². The molecule has 0 aliphatic heterocycles. The van der Waals surface area contributed by atoms with Crippen molar-refractivity contribution in [2.75, 3.05) is 0 Å². The fraction of sp³-hybridized carbons (Fsp3) is 0.571. The van der Waals surface area contributed by atoms with Gasteiger partial charge < -0.3 is 5.11 Å². The van der Waals surface area contributed by atoms with Crippen LogP contribution in [0.15, 0.2) is 30.3 Å². The van der Waals surface area contributed by atoms with Gasteiger partial charge in [-0.25, -0.2) is 0 Å². The van der Waals surface area contributed by atoms with E-state index in [-0.39, 0.29) is 6.10 Å². The minimum atomic E-state index is -0.197. The topological polar surface area (TPSA) is 20.2 Å². The molecule has 0 aliphatic carbocycles. The van der Waals surface area contributed by atoms with E-state index < -0.39 is 0 Å². The highest BCUT2D eigenvalue weighted by molar-refractivity contribution is 5.15. The summed E-state index contributed by atoms with van der Waals surface area (Å²) in [6, 6.07) is 10.4. The zero-order valence-electron chi connectivity index (χ0n) is 9.82. The van der Waals surface area contributed by atoms with Gasteiger partial charge in [-0.15, -0.1) is 0 Å².